The summed E-state index contributed by atoms with van der Waals surface area (Å²) in [5, 5.41) is 12.4. The van der Waals surface area contributed by atoms with Crippen molar-refractivity contribution in [2.45, 2.75) is 12.5 Å². The van der Waals surface area contributed by atoms with Gasteiger partial charge >= 0.3 is 6.09 Å². The molecule has 0 saturated heterocycles. The number of amides is 2. The summed E-state index contributed by atoms with van der Waals surface area (Å²) in [5.41, 5.74) is 2.59. The van der Waals surface area contributed by atoms with Gasteiger partial charge in [-0.3, -0.25) is 15.1 Å². The monoisotopic (exact) mass is 271 g/mol. The number of carbonyl (C=O) groups is 2. The van der Waals surface area contributed by atoms with Crippen molar-refractivity contribution in [1.82, 2.24) is 15.3 Å². The third-order valence-corrected chi connectivity index (χ3v) is 3.28. The Bertz CT molecular complexity index is 406. The minimum absolute atomic E-state index is 0.335. The van der Waals surface area contributed by atoms with E-state index in [0.29, 0.717) is 6.42 Å². The summed E-state index contributed by atoms with van der Waals surface area (Å²) in [7, 11) is 4.76. The molecule has 0 bridgehead atoms. The Balaban J connectivity index is 2.81. The molecule has 1 rings (SSSR count). The Kier molecular flexibility index (Phi) is 5.11. The number of carboxylic acid groups (broad SMARTS) is 1. The Hall–Kier alpha value is -1.60. The summed E-state index contributed by atoms with van der Waals surface area (Å²) in [5.74, 6) is -0.335. The molecule has 0 aliphatic rings. The molecule has 18 heavy (non-hydrogen) atoms. The highest BCUT2D eigenvalue weighted by Crippen LogP contribution is 2.14. The molecule has 6 nitrogen and oxygen atoms in total. The van der Waals surface area contributed by atoms with Gasteiger partial charge in [0, 0.05) is 32.4 Å². The van der Waals surface area contributed by atoms with Crippen LogP contribution in [0.25, 0.3) is 0 Å². The molecule has 0 radical (unpaired) electrons. The molecule has 0 unspecified atom stereocenters. The summed E-state index contributed by atoms with van der Waals surface area (Å²) < 4.78 is 0. The predicted octanol–water partition coefficient (Wildman–Crippen LogP) is 0.862. The van der Waals surface area contributed by atoms with Crippen LogP contribution >= 0.6 is 11.3 Å². The zero-order valence-corrected chi connectivity index (χ0v) is 11.4. The molecule has 0 aliphatic heterocycles. The van der Waals surface area contributed by atoms with Crippen molar-refractivity contribution < 1.29 is 14.7 Å². The summed E-state index contributed by atoms with van der Waals surface area (Å²) in [6.07, 6.45) is -0.745. The van der Waals surface area contributed by atoms with Gasteiger partial charge in [0.15, 0.2) is 0 Å². The fraction of sp³-hybridized carbons (Fsp3) is 0.455. The van der Waals surface area contributed by atoms with Crippen LogP contribution < -0.4 is 5.43 Å². The summed E-state index contributed by atoms with van der Waals surface area (Å²) >= 11 is 1.50. The number of nitrogens with zero attached hydrogens (tertiary/aromatic N) is 2. The lowest BCUT2D eigenvalue weighted by Gasteiger charge is -2.25. The number of likely N-dealkylation sites (N-methyl/N-ethyl adjacent to an activating group) is 1. The van der Waals surface area contributed by atoms with Gasteiger partial charge in [-0.2, -0.15) is 0 Å². The van der Waals surface area contributed by atoms with E-state index in [4.69, 9.17) is 5.11 Å². The maximum Gasteiger partial charge on any atom is 0.407 e. The second-order valence-electron chi connectivity index (χ2n) is 4.06. The molecule has 0 spiro atoms. The lowest BCUT2D eigenvalue weighted by atomic mass is 10.1. The Morgan fingerprint density at radius 3 is 2.56 bits per heavy atom. The minimum atomic E-state index is -1.12. The molecule has 0 aliphatic carbocycles. The van der Waals surface area contributed by atoms with Gasteiger partial charge in [0.2, 0.25) is 0 Å². The van der Waals surface area contributed by atoms with Gasteiger partial charge < -0.3 is 5.11 Å². The lowest BCUT2D eigenvalue weighted by Crippen LogP contribution is -2.51. The normalized spacial score (nSPS) is 12.2. The molecule has 1 heterocycles. The van der Waals surface area contributed by atoms with E-state index >= 15 is 0 Å². The van der Waals surface area contributed by atoms with E-state index < -0.39 is 12.1 Å². The molecular weight excluding hydrogens is 254 g/mol. The molecule has 0 saturated carbocycles. The zero-order chi connectivity index (χ0) is 13.7. The van der Waals surface area contributed by atoms with Crippen molar-refractivity contribution in [3.63, 3.8) is 0 Å². The van der Waals surface area contributed by atoms with Gasteiger partial charge in [0.1, 0.15) is 6.04 Å². The van der Waals surface area contributed by atoms with Crippen LogP contribution in [0.2, 0.25) is 0 Å². The average molecular weight is 271 g/mol. The molecule has 100 valence electrons. The second kappa shape index (κ2) is 6.36. The minimum Gasteiger partial charge on any atom is -0.465 e. The molecule has 1 aromatic heterocycles. The van der Waals surface area contributed by atoms with E-state index in [2.05, 4.69) is 5.43 Å². The number of carbonyl (C=O) groups excluding carboxylic acids is 1. The summed E-state index contributed by atoms with van der Waals surface area (Å²) in [6, 6.07) is 3.03. The van der Waals surface area contributed by atoms with Gasteiger partial charge in [-0.15, -0.1) is 11.3 Å². The van der Waals surface area contributed by atoms with Crippen LogP contribution in [0.15, 0.2) is 17.5 Å². The fourth-order valence-corrected chi connectivity index (χ4v) is 2.20. The van der Waals surface area contributed by atoms with E-state index in [1.165, 1.54) is 23.4 Å². The van der Waals surface area contributed by atoms with Crippen LogP contribution in [0, 0.1) is 0 Å². The Morgan fingerprint density at radius 2 is 2.11 bits per heavy atom. The maximum absolute atomic E-state index is 12.0. The van der Waals surface area contributed by atoms with E-state index in [1.807, 2.05) is 17.5 Å². The van der Waals surface area contributed by atoms with Crippen LogP contribution in [-0.2, 0) is 11.2 Å². The third kappa shape index (κ3) is 4.01. The van der Waals surface area contributed by atoms with Gasteiger partial charge in [-0.25, -0.2) is 9.80 Å². The van der Waals surface area contributed by atoms with Gasteiger partial charge in [-0.05, 0) is 11.4 Å². The van der Waals surface area contributed by atoms with E-state index in [0.717, 1.165) is 9.78 Å². The van der Waals surface area contributed by atoms with E-state index in [-0.39, 0.29) is 5.91 Å². The highest BCUT2D eigenvalue weighted by Gasteiger charge is 2.27. The fourth-order valence-electron chi connectivity index (χ4n) is 1.45. The highest BCUT2D eigenvalue weighted by molar-refractivity contribution is 7.09. The number of hydrazine groups is 1. The van der Waals surface area contributed by atoms with Crippen molar-refractivity contribution >= 4 is 23.3 Å². The first kappa shape index (κ1) is 14.5. The van der Waals surface area contributed by atoms with Crippen molar-refractivity contribution in [3.8, 4) is 0 Å². The van der Waals surface area contributed by atoms with Crippen molar-refractivity contribution in [2.75, 3.05) is 21.1 Å². The highest BCUT2D eigenvalue weighted by atomic mass is 32.1. The molecule has 0 aromatic carbocycles. The van der Waals surface area contributed by atoms with Gasteiger partial charge in [0.25, 0.3) is 5.91 Å². The predicted molar refractivity (Wildman–Crippen MR) is 69.4 cm³/mol. The van der Waals surface area contributed by atoms with Crippen molar-refractivity contribution in [1.29, 1.82) is 0 Å². The summed E-state index contributed by atoms with van der Waals surface area (Å²) in [6.45, 7) is 0. The quantitative estimate of drug-likeness (QED) is 0.779. The number of rotatable bonds is 5. The Labute approximate surface area is 110 Å². The van der Waals surface area contributed by atoms with Gasteiger partial charge in [-0.1, -0.05) is 6.07 Å². The molecule has 7 heteroatoms. The Morgan fingerprint density at radius 1 is 1.44 bits per heavy atom. The third-order valence-electron chi connectivity index (χ3n) is 2.38. The molecule has 0 fully saturated rings. The number of thiophene rings is 1. The number of hydrogen-bond acceptors (Lipinski definition) is 4. The van der Waals surface area contributed by atoms with Crippen molar-refractivity contribution in [3.05, 3.63) is 22.4 Å². The smallest absolute Gasteiger partial charge is 0.407 e. The first-order valence-corrected chi connectivity index (χ1v) is 6.25. The first-order valence-electron chi connectivity index (χ1n) is 5.37. The van der Waals surface area contributed by atoms with E-state index in [1.54, 1.807) is 14.1 Å². The van der Waals surface area contributed by atoms with Crippen LogP contribution in [0.5, 0.6) is 0 Å². The van der Waals surface area contributed by atoms with Crippen molar-refractivity contribution in [2.24, 2.45) is 0 Å². The molecule has 1 atom stereocenters. The second-order valence-corrected chi connectivity index (χ2v) is 5.10. The molecule has 1 aromatic rings. The first-order chi connectivity index (χ1) is 8.41. The molecular formula is C11H17N3O3S. The number of nitrogens with one attached hydrogen (secondary N) is 1. The summed E-state index contributed by atoms with van der Waals surface area (Å²) in [4.78, 5) is 25.0. The molecule has 2 amide bonds. The van der Waals surface area contributed by atoms with Crippen LogP contribution in [0.4, 0.5) is 4.79 Å². The standard InChI is InChI=1S/C11H17N3O3S/c1-13(2)12-10(15)9(14(3)11(16)17)7-8-5-4-6-18-8/h4-6,9H,7H2,1-3H3,(H,12,15)(H,16,17)/t9-/m1/s1. The van der Waals surface area contributed by atoms with Crippen LogP contribution in [-0.4, -0.2) is 54.2 Å². The zero-order valence-electron chi connectivity index (χ0n) is 10.6. The largest absolute Gasteiger partial charge is 0.465 e. The number of hydrogen-bond donors (Lipinski definition) is 2. The SMILES string of the molecule is CN(C)NC(=O)[C@@H](Cc1cccs1)N(C)C(=O)O. The topological polar surface area (TPSA) is 72.9 Å². The average Bonchev–Trinajstić information content (AvgIpc) is 2.76. The molecule has 2 N–H and O–H groups in total. The van der Waals surface area contributed by atoms with Gasteiger partial charge in [0.05, 0.1) is 0 Å². The van der Waals surface area contributed by atoms with Crippen LogP contribution in [0.3, 0.4) is 0 Å². The lowest BCUT2D eigenvalue weighted by molar-refractivity contribution is -0.129. The maximum atomic E-state index is 12.0. The van der Waals surface area contributed by atoms with E-state index in [9.17, 15) is 9.59 Å². The van der Waals surface area contributed by atoms with Crippen LogP contribution in [0.1, 0.15) is 4.88 Å².